The van der Waals surface area contributed by atoms with Crippen molar-refractivity contribution in [1.82, 2.24) is 4.57 Å². The lowest BCUT2D eigenvalue weighted by Crippen LogP contribution is -2.26. The molecule has 1 aliphatic heterocycles. The van der Waals surface area contributed by atoms with Gasteiger partial charge in [-0.3, -0.25) is 0 Å². The molecule has 5 aromatic carbocycles. The molecule has 0 fully saturated rings. The largest absolute Gasteiger partial charge is 0.456 e. The topological polar surface area (TPSA) is 18.1 Å². The van der Waals surface area contributed by atoms with Gasteiger partial charge in [-0.1, -0.05) is 67.4 Å². The molecule has 0 spiro atoms. The summed E-state index contributed by atoms with van der Waals surface area (Å²) < 4.78 is 8.70. The predicted octanol–water partition coefficient (Wildman–Crippen LogP) is 9.61. The second kappa shape index (κ2) is 6.92. The summed E-state index contributed by atoms with van der Waals surface area (Å²) in [6, 6.07) is 33.5. The Morgan fingerprint density at radius 1 is 0.595 bits per heavy atom. The number of aryl methyl sites for hydroxylation is 2. The Morgan fingerprint density at radius 3 is 2.24 bits per heavy atom. The highest BCUT2D eigenvalue weighted by atomic mass is 16.3. The van der Waals surface area contributed by atoms with Crippen LogP contribution in [0.4, 0.5) is 0 Å². The summed E-state index contributed by atoms with van der Waals surface area (Å²) in [6.45, 7) is 9.15. The van der Waals surface area contributed by atoms with E-state index in [1.165, 1.54) is 71.6 Å². The molecule has 3 heterocycles. The Morgan fingerprint density at radius 2 is 1.35 bits per heavy atom. The Hall–Kier alpha value is -4.30. The van der Waals surface area contributed by atoms with Crippen LogP contribution in [0.15, 0.2) is 95.4 Å². The summed E-state index contributed by atoms with van der Waals surface area (Å²) >= 11 is 0. The minimum absolute atomic E-state index is 0.126. The van der Waals surface area contributed by atoms with E-state index in [1.54, 1.807) is 0 Å². The van der Waals surface area contributed by atoms with Gasteiger partial charge in [0.1, 0.15) is 11.2 Å². The highest BCUT2D eigenvalue weighted by Gasteiger charge is 2.35. The van der Waals surface area contributed by atoms with Crippen molar-refractivity contribution in [3.63, 3.8) is 0 Å². The van der Waals surface area contributed by atoms with Crippen molar-refractivity contribution in [2.75, 3.05) is 0 Å². The third-order valence-electron chi connectivity index (χ3n) is 8.46. The molecule has 0 aliphatic carbocycles. The quantitative estimate of drug-likeness (QED) is 0.230. The van der Waals surface area contributed by atoms with Crippen LogP contribution in [0.5, 0.6) is 0 Å². The molecule has 2 heteroatoms. The third kappa shape index (κ3) is 2.70. The molecule has 2 nitrogen and oxygen atoms in total. The van der Waals surface area contributed by atoms with Gasteiger partial charge in [-0.25, -0.2) is 0 Å². The summed E-state index contributed by atoms with van der Waals surface area (Å²) in [4.78, 5) is 0. The van der Waals surface area contributed by atoms with Crippen molar-refractivity contribution >= 4 is 43.7 Å². The molecule has 0 N–H and O–H groups in total. The molecule has 0 unspecified atom stereocenters. The van der Waals surface area contributed by atoms with E-state index in [9.17, 15) is 0 Å². The first-order valence-electron chi connectivity index (χ1n) is 13.0. The molecule has 0 saturated heterocycles. The van der Waals surface area contributed by atoms with Gasteiger partial charge in [-0.2, -0.15) is 0 Å². The summed E-state index contributed by atoms with van der Waals surface area (Å²) in [5.74, 6) is 0. The van der Waals surface area contributed by atoms with Crippen molar-refractivity contribution in [1.29, 1.82) is 0 Å². The van der Waals surface area contributed by atoms with Gasteiger partial charge in [0, 0.05) is 27.0 Å². The second-order valence-corrected chi connectivity index (χ2v) is 11.2. The number of para-hydroxylation sites is 1. The minimum Gasteiger partial charge on any atom is -0.456 e. The average molecular weight is 478 g/mol. The van der Waals surface area contributed by atoms with Crippen molar-refractivity contribution in [2.24, 2.45) is 0 Å². The number of nitrogens with zero attached hydrogens (tertiary/aromatic N) is 1. The lowest BCUT2D eigenvalue weighted by Gasteiger charge is -2.35. The third-order valence-corrected chi connectivity index (χ3v) is 8.46. The van der Waals surface area contributed by atoms with Crippen molar-refractivity contribution < 1.29 is 4.42 Å². The van der Waals surface area contributed by atoms with E-state index >= 15 is 0 Å². The van der Waals surface area contributed by atoms with Gasteiger partial charge in [0.05, 0.1) is 16.7 Å². The van der Waals surface area contributed by atoms with Crippen LogP contribution in [-0.2, 0) is 5.41 Å². The fraction of sp³-hybridized carbons (Fsp3) is 0.143. The molecule has 1 aliphatic rings. The monoisotopic (exact) mass is 477 g/mol. The van der Waals surface area contributed by atoms with Crippen molar-refractivity contribution in [3.05, 3.63) is 113 Å². The van der Waals surface area contributed by atoms with Gasteiger partial charge < -0.3 is 8.98 Å². The summed E-state index contributed by atoms with van der Waals surface area (Å²) in [6.07, 6.45) is 0. The Balaban J connectivity index is 1.40. The van der Waals surface area contributed by atoms with Crippen LogP contribution in [0, 0.1) is 13.8 Å². The van der Waals surface area contributed by atoms with E-state index in [4.69, 9.17) is 4.42 Å². The number of hydrogen-bond donors (Lipinski definition) is 0. The first-order chi connectivity index (χ1) is 17.9. The van der Waals surface area contributed by atoms with Crippen LogP contribution in [0.3, 0.4) is 0 Å². The second-order valence-electron chi connectivity index (χ2n) is 11.2. The van der Waals surface area contributed by atoms with Crippen LogP contribution in [0.2, 0.25) is 0 Å². The SMILES string of the molecule is Cc1ccc2c(c1)c1cc(C)cc3c1n2-c1ccc(-c2ccc4c(c2)oc2ccccc24)cc1C3(C)C. The maximum absolute atomic E-state index is 6.21. The fourth-order valence-corrected chi connectivity index (χ4v) is 6.59. The summed E-state index contributed by atoms with van der Waals surface area (Å²) in [7, 11) is 0. The van der Waals surface area contributed by atoms with Crippen LogP contribution in [0.1, 0.15) is 36.1 Å². The molecule has 8 rings (SSSR count). The maximum Gasteiger partial charge on any atom is 0.136 e. The molecule has 37 heavy (non-hydrogen) atoms. The highest BCUT2D eigenvalue weighted by Crippen LogP contribution is 2.49. The Kier molecular flexibility index (Phi) is 3.90. The van der Waals surface area contributed by atoms with E-state index in [0.29, 0.717) is 0 Å². The van der Waals surface area contributed by atoms with Gasteiger partial charge in [0.25, 0.3) is 0 Å². The number of aromatic nitrogens is 1. The summed E-state index contributed by atoms with van der Waals surface area (Å²) in [5, 5.41) is 5.02. The van der Waals surface area contributed by atoms with Crippen LogP contribution in [0.25, 0.3) is 60.6 Å². The molecule has 0 atom stereocenters. The van der Waals surface area contributed by atoms with Crippen LogP contribution in [-0.4, -0.2) is 4.57 Å². The first-order valence-corrected chi connectivity index (χ1v) is 13.0. The zero-order valence-corrected chi connectivity index (χ0v) is 21.5. The van der Waals surface area contributed by atoms with Gasteiger partial charge in [0.15, 0.2) is 0 Å². The first kappa shape index (κ1) is 20.8. The van der Waals surface area contributed by atoms with E-state index < -0.39 is 0 Å². The predicted molar refractivity (Wildman–Crippen MR) is 155 cm³/mol. The van der Waals surface area contributed by atoms with E-state index in [1.807, 2.05) is 12.1 Å². The molecular weight excluding hydrogens is 450 g/mol. The molecule has 2 aromatic heterocycles. The standard InChI is InChI=1S/C35H27NO/c1-20-9-13-30-26(15-20)27-16-21(2)17-29-34(27)36(30)31-14-11-22(18-28(31)35(29,3)4)23-10-12-25-24-7-5-6-8-32(24)37-33(25)19-23/h5-19H,1-4H3. The van der Waals surface area contributed by atoms with Crippen LogP contribution < -0.4 is 0 Å². The van der Waals surface area contributed by atoms with Crippen molar-refractivity contribution in [2.45, 2.75) is 33.1 Å². The Bertz CT molecular complexity index is 2080. The molecule has 0 bridgehead atoms. The minimum atomic E-state index is -0.126. The zero-order valence-electron chi connectivity index (χ0n) is 21.5. The normalized spacial score (nSPS) is 14.2. The molecule has 178 valence electrons. The molecule has 7 aromatic rings. The van der Waals surface area contributed by atoms with Gasteiger partial charge in [0.2, 0.25) is 0 Å². The maximum atomic E-state index is 6.21. The van der Waals surface area contributed by atoms with E-state index in [2.05, 4.69) is 111 Å². The van der Waals surface area contributed by atoms with Gasteiger partial charge in [-0.05, 0) is 84.6 Å². The van der Waals surface area contributed by atoms with Gasteiger partial charge in [-0.15, -0.1) is 0 Å². The fourth-order valence-electron chi connectivity index (χ4n) is 6.59. The van der Waals surface area contributed by atoms with E-state index in [-0.39, 0.29) is 5.41 Å². The number of furan rings is 1. The van der Waals surface area contributed by atoms with Crippen LogP contribution >= 0.6 is 0 Å². The number of hydrogen-bond acceptors (Lipinski definition) is 1. The molecule has 0 radical (unpaired) electrons. The number of benzene rings is 5. The van der Waals surface area contributed by atoms with E-state index in [0.717, 1.165) is 11.2 Å². The van der Waals surface area contributed by atoms with Gasteiger partial charge >= 0.3 is 0 Å². The summed E-state index contributed by atoms with van der Waals surface area (Å²) in [5.41, 5.74) is 13.4. The number of rotatable bonds is 1. The lowest BCUT2D eigenvalue weighted by atomic mass is 9.73. The molecule has 0 amide bonds. The lowest BCUT2D eigenvalue weighted by molar-refractivity contribution is 0.630. The molecule has 0 saturated carbocycles. The average Bonchev–Trinajstić information content (AvgIpc) is 3.42. The zero-order chi connectivity index (χ0) is 25.1. The highest BCUT2D eigenvalue weighted by molar-refractivity contribution is 6.12. The molecular formula is C35H27NO. The van der Waals surface area contributed by atoms with Crippen molar-refractivity contribution in [3.8, 4) is 16.8 Å². The number of fused-ring (bicyclic) bond motifs is 8. The Labute approximate surface area is 215 Å². The smallest absolute Gasteiger partial charge is 0.136 e.